The third kappa shape index (κ3) is 3.94. The number of nitrogens with zero attached hydrogens (tertiary/aromatic N) is 1. The molecule has 1 heterocycles. The number of rotatable bonds is 6. The molecule has 0 aliphatic carbocycles. The van der Waals surface area contributed by atoms with E-state index in [2.05, 4.69) is 18.6 Å². The van der Waals surface area contributed by atoms with Crippen molar-refractivity contribution in [2.24, 2.45) is 18.7 Å². The number of hydrogen-bond donors (Lipinski definition) is 2. The molecule has 3 N–H and O–H groups in total. The van der Waals surface area contributed by atoms with Gasteiger partial charge in [0.05, 0.1) is 0 Å². The van der Waals surface area contributed by atoms with Gasteiger partial charge in [-0.15, -0.1) is 12.4 Å². The summed E-state index contributed by atoms with van der Waals surface area (Å²) in [5.41, 5.74) is 6.84. The highest BCUT2D eigenvalue weighted by Crippen LogP contribution is 2.30. The van der Waals surface area contributed by atoms with Crippen LogP contribution in [-0.2, 0) is 17.1 Å². The van der Waals surface area contributed by atoms with E-state index in [1.165, 1.54) is 0 Å². The van der Waals surface area contributed by atoms with Gasteiger partial charge >= 0.3 is 0 Å². The monoisotopic (exact) mass is 373 g/mol. The molecule has 2 rings (SSSR count). The lowest BCUT2D eigenvalue weighted by Gasteiger charge is -2.30. The van der Waals surface area contributed by atoms with Gasteiger partial charge in [-0.3, -0.25) is 0 Å². The van der Waals surface area contributed by atoms with Crippen molar-refractivity contribution < 1.29 is 8.42 Å². The predicted molar refractivity (Wildman–Crippen MR) is 102 cm³/mol. The summed E-state index contributed by atoms with van der Waals surface area (Å²) < 4.78 is 30.9. The van der Waals surface area contributed by atoms with E-state index in [0.29, 0.717) is 17.2 Å². The molecule has 1 aromatic carbocycles. The second-order valence-electron chi connectivity index (χ2n) is 6.96. The average molecular weight is 374 g/mol. The van der Waals surface area contributed by atoms with Gasteiger partial charge in [-0.05, 0) is 32.3 Å². The third-order valence-corrected chi connectivity index (χ3v) is 6.11. The summed E-state index contributed by atoms with van der Waals surface area (Å²) in [6.45, 7) is 8.08. The Morgan fingerprint density at radius 2 is 1.88 bits per heavy atom. The Bertz CT molecular complexity index is 815. The number of sulfonamides is 1. The SMILES string of the molecule is Cc1c(S(=O)(=O)NC(C)(CN)CC(C)C)c2ccccc2n1C.Cl. The van der Waals surface area contributed by atoms with E-state index >= 15 is 0 Å². The molecule has 136 valence electrons. The van der Waals surface area contributed by atoms with Gasteiger partial charge in [0.2, 0.25) is 10.0 Å². The molecule has 5 nitrogen and oxygen atoms in total. The summed E-state index contributed by atoms with van der Waals surface area (Å²) in [4.78, 5) is 0.346. The number of aryl methyl sites for hydroxylation is 1. The van der Waals surface area contributed by atoms with Gasteiger partial charge in [0, 0.05) is 35.7 Å². The highest BCUT2D eigenvalue weighted by atomic mass is 35.5. The minimum atomic E-state index is -3.66. The van der Waals surface area contributed by atoms with E-state index in [-0.39, 0.29) is 19.0 Å². The Labute approximate surface area is 151 Å². The number of para-hydroxylation sites is 1. The summed E-state index contributed by atoms with van der Waals surface area (Å²) in [6.07, 6.45) is 0.687. The van der Waals surface area contributed by atoms with Gasteiger partial charge in [0.15, 0.2) is 0 Å². The first kappa shape index (κ1) is 21.0. The highest BCUT2D eigenvalue weighted by Gasteiger charge is 2.33. The maximum Gasteiger partial charge on any atom is 0.243 e. The first-order chi connectivity index (χ1) is 10.6. The molecule has 1 atom stereocenters. The fourth-order valence-electron chi connectivity index (χ4n) is 3.27. The van der Waals surface area contributed by atoms with E-state index in [1.54, 1.807) is 0 Å². The molecule has 1 aromatic heterocycles. The molecule has 0 saturated carbocycles. The van der Waals surface area contributed by atoms with Crippen molar-refractivity contribution >= 4 is 33.3 Å². The molecule has 0 fully saturated rings. The van der Waals surface area contributed by atoms with Crippen LogP contribution in [0, 0.1) is 12.8 Å². The van der Waals surface area contributed by atoms with Crippen LogP contribution in [0.5, 0.6) is 0 Å². The van der Waals surface area contributed by atoms with Crippen LogP contribution >= 0.6 is 12.4 Å². The number of hydrogen-bond acceptors (Lipinski definition) is 3. The molecule has 0 spiro atoms. The van der Waals surface area contributed by atoms with Crippen molar-refractivity contribution in [1.29, 1.82) is 0 Å². The summed E-state index contributed by atoms with van der Waals surface area (Å²) in [5, 5.41) is 0.740. The Kier molecular flexibility index (Phi) is 6.49. The first-order valence-electron chi connectivity index (χ1n) is 7.89. The fourth-order valence-corrected chi connectivity index (χ4v) is 5.17. The van der Waals surface area contributed by atoms with Crippen molar-refractivity contribution in [2.45, 2.75) is 44.6 Å². The standard InChI is InChI=1S/C17H27N3O2S.ClH/c1-12(2)10-17(4,11-18)19-23(21,22)16-13(3)20(5)15-9-7-6-8-14(15)16;/h6-9,12,19H,10-11,18H2,1-5H3;1H. The van der Waals surface area contributed by atoms with Gasteiger partial charge < -0.3 is 10.3 Å². The molecule has 24 heavy (non-hydrogen) atoms. The van der Waals surface area contributed by atoms with Gasteiger partial charge in [0.1, 0.15) is 4.90 Å². The van der Waals surface area contributed by atoms with Crippen LogP contribution in [0.25, 0.3) is 10.9 Å². The van der Waals surface area contributed by atoms with Gasteiger partial charge in [-0.25, -0.2) is 13.1 Å². The van der Waals surface area contributed by atoms with Crippen molar-refractivity contribution in [3.8, 4) is 0 Å². The lowest BCUT2D eigenvalue weighted by Crippen LogP contribution is -2.52. The van der Waals surface area contributed by atoms with Crippen LogP contribution in [0.15, 0.2) is 29.2 Å². The molecule has 0 amide bonds. The Morgan fingerprint density at radius 1 is 1.29 bits per heavy atom. The van der Waals surface area contributed by atoms with Gasteiger partial charge in [0.25, 0.3) is 0 Å². The lowest BCUT2D eigenvalue weighted by atomic mass is 9.92. The molecule has 0 radical (unpaired) electrons. The molecule has 1 unspecified atom stereocenters. The number of halogens is 1. The molecule has 0 saturated heterocycles. The quantitative estimate of drug-likeness (QED) is 0.817. The van der Waals surface area contributed by atoms with E-state index in [4.69, 9.17) is 5.73 Å². The van der Waals surface area contributed by atoms with Crippen LogP contribution in [0.1, 0.15) is 32.9 Å². The lowest BCUT2D eigenvalue weighted by molar-refractivity contribution is 0.344. The zero-order valence-electron chi connectivity index (χ0n) is 15.0. The zero-order chi connectivity index (χ0) is 17.4. The average Bonchev–Trinajstić information content (AvgIpc) is 2.70. The van der Waals surface area contributed by atoms with E-state index in [1.807, 2.05) is 49.7 Å². The Hall–Kier alpha value is -1.08. The highest BCUT2D eigenvalue weighted by molar-refractivity contribution is 7.89. The maximum atomic E-state index is 13.1. The number of benzene rings is 1. The van der Waals surface area contributed by atoms with Crippen LogP contribution < -0.4 is 10.5 Å². The number of aromatic nitrogens is 1. The minimum Gasteiger partial charge on any atom is -0.347 e. The molecular weight excluding hydrogens is 346 g/mol. The molecule has 0 bridgehead atoms. The Morgan fingerprint density at radius 3 is 2.42 bits per heavy atom. The smallest absolute Gasteiger partial charge is 0.243 e. The predicted octanol–water partition coefficient (Wildman–Crippen LogP) is 2.95. The topological polar surface area (TPSA) is 77.1 Å². The van der Waals surface area contributed by atoms with E-state index < -0.39 is 15.6 Å². The van der Waals surface area contributed by atoms with Crippen molar-refractivity contribution in [3.63, 3.8) is 0 Å². The normalized spacial score (nSPS) is 14.6. The van der Waals surface area contributed by atoms with Crippen LogP contribution in [0.4, 0.5) is 0 Å². The number of nitrogens with two attached hydrogens (primary N) is 1. The van der Waals surface area contributed by atoms with Crippen LogP contribution in [0.2, 0.25) is 0 Å². The van der Waals surface area contributed by atoms with E-state index in [9.17, 15) is 8.42 Å². The molecule has 0 aliphatic rings. The number of fused-ring (bicyclic) bond motifs is 1. The van der Waals surface area contributed by atoms with Crippen molar-refractivity contribution in [1.82, 2.24) is 9.29 Å². The largest absolute Gasteiger partial charge is 0.347 e. The molecule has 2 aromatic rings. The third-order valence-electron chi connectivity index (χ3n) is 4.30. The number of nitrogens with one attached hydrogen (secondary N) is 1. The maximum absolute atomic E-state index is 13.1. The van der Waals surface area contributed by atoms with Gasteiger partial charge in [-0.2, -0.15) is 0 Å². The second kappa shape index (κ2) is 7.44. The van der Waals surface area contributed by atoms with Crippen LogP contribution in [0.3, 0.4) is 0 Å². The summed E-state index contributed by atoms with van der Waals surface area (Å²) >= 11 is 0. The van der Waals surface area contributed by atoms with Crippen LogP contribution in [-0.4, -0.2) is 25.1 Å². The molecule has 7 heteroatoms. The van der Waals surface area contributed by atoms with Gasteiger partial charge in [-0.1, -0.05) is 32.0 Å². The van der Waals surface area contributed by atoms with E-state index in [0.717, 1.165) is 16.6 Å². The molecule has 0 aliphatic heterocycles. The Balaban J connectivity index is 0.00000288. The summed E-state index contributed by atoms with van der Waals surface area (Å²) in [6, 6.07) is 7.54. The first-order valence-corrected chi connectivity index (χ1v) is 9.37. The fraction of sp³-hybridized carbons (Fsp3) is 0.529. The minimum absolute atomic E-state index is 0. The zero-order valence-corrected chi connectivity index (χ0v) is 16.6. The molecular formula is C17H28ClN3O2S. The second-order valence-corrected chi connectivity index (χ2v) is 8.58. The van der Waals surface area contributed by atoms with Crippen molar-refractivity contribution in [3.05, 3.63) is 30.0 Å². The summed E-state index contributed by atoms with van der Waals surface area (Å²) in [7, 11) is -1.78. The summed E-state index contributed by atoms with van der Waals surface area (Å²) in [5.74, 6) is 0.347. The van der Waals surface area contributed by atoms with Crippen molar-refractivity contribution in [2.75, 3.05) is 6.54 Å².